The lowest BCUT2D eigenvalue weighted by Gasteiger charge is -2.28. The Bertz CT molecular complexity index is 477. The number of carbonyl (C=O) groups is 1. The van der Waals surface area contributed by atoms with Gasteiger partial charge in [-0.05, 0) is 37.0 Å². The molecule has 1 fully saturated rings. The molecule has 0 atom stereocenters. The Labute approximate surface area is 118 Å². The summed E-state index contributed by atoms with van der Waals surface area (Å²) in [5, 5.41) is 9.63. The highest BCUT2D eigenvalue weighted by Gasteiger charge is 2.38. The monoisotopic (exact) mass is 280 g/mol. The molecule has 2 rings (SSSR count). The van der Waals surface area contributed by atoms with Gasteiger partial charge in [0.2, 0.25) is 0 Å². The highest BCUT2D eigenvalue weighted by Crippen LogP contribution is 2.39. The molecule has 0 aliphatic heterocycles. The van der Waals surface area contributed by atoms with Gasteiger partial charge in [0.15, 0.2) is 11.6 Å². The topological polar surface area (TPSA) is 46.5 Å². The third-order valence-electron chi connectivity index (χ3n) is 4.27. The van der Waals surface area contributed by atoms with Crippen molar-refractivity contribution in [1.29, 1.82) is 0 Å². The summed E-state index contributed by atoms with van der Waals surface area (Å²) in [6.07, 6.45) is 5.79. The van der Waals surface area contributed by atoms with Gasteiger partial charge in [0, 0.05) is 0 Å². The van der Waals surface area contributed by atoms with Crippen LogP contribution in [0.15, 0.2) is 18.2 Å². The average Bonchev–Trinajstić information content (AvgIpc) is 2.65. The van der Waals surface area contributed by atoms with Gasteiger partial charge in [-0.15, -0.1) is 0 Å². The Morgan fingerprint density at radius 3 is 2.45 bits per heavy atom. The van der Waals surface area contributed by atoms with Crippen molar-refractivity contribution in [3.63, 3.8) is 0 Å². The molecular weight excluding hydrogens is 259 g/mol. The second-order valence-corrected chi connectivity index (χ2v) is 5.65. The third kappa shape index (κ3) is 3.11. The maximum Gasteiger partial charge on any atom is 0.309 e. The zero-order valence-corrected chi connectivity index (χ0v) is 11.8. The molecule has 1 aromatic rings. The molecule has 1 aliphatic rings. The normalized spacial score (nSPS) is 18.3. The van der Waals surface area contributed by atoms with E-state index in [0.717, 1.165) is 31.2 Å². The quantitative estimate of drug-likeness (QED) is 0.853. The zero-order valence-electron chi connectivity index (χ0n) is 11.8. The summed E-state index contributed by atoms with van der Waals surface area (Å²) in [4.78, 5) is 11.7. The number of ether oxygens (including phenoxy) is 1. The number of rotatable bonds is 4. The van der Waals surface area contributed by atoms with Gasteiger partial charge in [-0.25, -0.2) is 4.39 Å². The number of aliphatic carboxylic acids is 1. The maximum absolute atomic E-state index is 13.7. The Morgan fingerprint density at radius 2 is 1.95 bits per heavy atom. The summed E-state index contributed by atoms with van der Waals surface area (Å²) >= 11 is 0. The molecule has 0 amide bonds. The minimum atomic E-state index is -0.754. The Kier molecular flexibility index (Phi) is 4.63. The van der Waals surface area contributed by atoms with Crippen LogP contribution in [0.5, 0.6) is 5.75 Å². The van der Waals surface area contributed by atoms with Gasteiger partial charge in [-0.3, -0.25) is 4.79 Å². The first-order chi connectivity index (χ1) is 9.57. The van der Waals surface area contributed by atoms with Crippen LogP contribution in [0.3, 0.4) is 0 Å². The minimum Gasteiger partial charge on any atom is -0.494 e. The van der Waals surface area contributed by atoms with Crippen LogP contribution in [0.4, 0.5) is 4.39 Å². The number of halogens is 1. The van der Waals surface area contributed by atoms with Crippen molar-refractivity contribution in [3.8, 4) is 5.75 Å². The smallest absolute Gasteiger partial charge is 0.309 e. The first kappa shape index (κ1) is 14.8. The number of carboxylic acid groups (broad SMARTS) is 1. The van der Waals surface area contributed by atoms with Crippen molar-refractivity contribution in [1.82, 2.24) is 0 Å². The average molecular weight is 280 g/mol. The highest BCUT2D eigenvalue weighted by molar-refractivity contribution is 5.75. The molecule has 0 saturated heterocycles. The first-order valence-corrected chi connectivity index (χ1v) is 7.13. The van der Waals surface area contributed by atoms with Gasteiger partial charge in [0.1, 0.15) is 0 Å². The lowest BCUT2D eigenvalue weighted by molar-refractivity contribution is -0.149. The number of benzene rings is 1. The minimum absolute atomic E-state index is 0.194. The molecule has 0 aromatic heterocycles. The van der Waals surface area contributed by atoms with E-state index in [-0.39, 0.29) is 5.75 Å². The summed E-state index contributed by atoms with van der Waals surface area (Å²) in [6, 6.07) is 4.73. The van der Waals surface area contributed by atoms with E-state index < -0.39 is 17.2 Å². The molecule has 110 valence electrons. The molecule has 20 heavy (non-hydrogen) atoms. The van der Waals surface area contributed by atoms with Crippen molar-refractivity contribution in [2.75, 3.05) is 7.11 Å². The van der Waals surface area contributed by atoms with Crippen LogP contribution in [-0.2, 0) is 11.2 Å². The predicted molar refractivity (Wildman–Crippen MR) is 74.4 cm³/mol. The van der Waals surface area contributed by atoms with Crippen molar-refractivity contribution in [3.05, 3.63) is 29.6 Å². The second-order valence-electron chi connectivity index (χ2n) is 5.65. The number of methoxy groups -OCH3 is 1. The molecular formula is C16H21FO3. The standard InChI is InChI=1S/C16H21FO3/c1-20-14-7-6-12(10-13(14)17)11-16(15(18)19)8-4-2-3-5-9-16/h6-7,10H,2-5,8-9,11H2,1H3,(H,18,19). The zero-order chi connectivity index (χ0) is 14.6. The van der Waals surface area contributed by atoms with Crippen molar-refractivity contribution >= 4 is 5.97 Å². The van der Waals surface area contributed by atoms with Crippen LogP contribution in [0.25, 0.3) is 0 Å². The van der Waals surface area contributed by atoms with E-state index in [1.54, 1.807) is 12.1 Å². The Balaban J connectivity index is 2.23. The fraction of sp³-hybridized carbons (Fsp3) is 0.562. The van der Waals surface area contributed by atoms with Gasteiger partial charge < -0.3 is 9.84 Å². The fourth-order valence-electron chi connectivity index (χ4n) is 3.08. The summed E-state index contributed by atoms with van der Waals surface area (Å²) in [5.74, 6) is -0.992. The molecule has 3 nitrogen and oxygen atoms in total. The molecule has 0 heterocycles. The molecule has 0 spiro atoms. The number of carboxylic acids is 1. The second kappa shape index (κ2) is 6.25. The predicted octanol–water partition coefficient (Wildman–Crippen LogP) is 3.80. The van der Waals surface area contributed by atoms with E-state index in [0.29, 0.717) is 19.3 Å². The number of hydrogen-bond donors (Lipinski definition) is 1. The highest BCUT2D eigenvalue weighted by atomic mass is 19.1. The lowest BCUT2D eigenvalue weighted by Crippen LogP contribution is -2.33. The summed E-state index contributed by atoms with van der Waals surface area (Å²) < 4.78 is 18.6. The molecule has 1 N–H and O–H groups in total. The van der Waals surface area contributed by atoms with E-state index in [9.17, 15) is 14.3 Å². The van der Waals surface area contributed by atoms with Gasteiger partial charge in [0.25, 0.3) is 0 Å². The van der Waals surface area contributed by atoms with Crippen molar-refractivity contribution in [2.24, 2.45) is 5.41 Å². The van der Waals surface area contributed by atoms with Crippen LogP contribution < -0.4 is 4.74 Å². The summed E-state index contributed by atoms with van der Waals surface area (Å²) in [5.41, 5.74) is -0.00930. The van der Waals surface area contributed by atoms with E-state index >= 15 is 0 Å². The Hall–Kier alpha value is -1.58. The van der Waals surface area contributed by atoms with E-state index in [1.165, 1.54) is 13.2 Å². The lowest BCUT2D eigenvalue weighted by atomic mass is 9.75. The van der Waals surface area contributed by atoms with Crippen LogP contribution in [0.1, 0.15) is 44.1 Å². The molecule has 1 aliphatic carbocycles. The first-order valence-electron chi connectivity index (χ1n) is 7.13. The van der Waals surface area contributed by atoms with Crippen LogP contribution in [0.2, 0.25) is 0 Å². The van der Waals surface area contributed by atoms with Crippen LogP contribution >= 0.6 is 0 Å². The van der Waals surface area contributed by atoms with Crippen molar-refractivity contribution < 1.29 is 19.0 Å². The molecule has 1 aromatic carbocycles. The van der Waals surface area contributed by atoms with Crippen LogP contribution in [-0.4, -0.2) is 18.2 Å². The summed E-state index contributed by atoms with van der Waals surface area (Å²) in [6.45, 7) is 0. The third-order valence-corrected chi connectivity index (χ3v) is 4.27. The molecule has 0 unspecified atom stereocenters. The van der Waals surface area contributed by atoms with Gasteiger partial charge in [-0.1, -0.05) is 31.7 Å². The van der Waals surface area contributed by atoms with E-state index in [1.807, 2.05) is 0 Å². The largest absolute Gasteiger partial charge is 0.494 e. The van der Waals surface area contributed by atoms with Crippen molar-refractivity contribution in [2.45, 2.75) is 44.9 Å². The van der Waals surface area contributed by atoms with Gasteiger partial charge in [0.05, 0.1) is 12.5 Å². The fourth-order valence-corrected chi connectivity index (χ4v) is 3.08. The number of hydrogen-bond acceptors (Lipinski definition) is 2. The molecule has 1 saturated carbocycles. The Morgan fingerprint density at radius 1 is 1.30 bits per heavy atom. The SMILES string of the molecule is COc1ccc(CC2(C(=O)O)CCCCCC2)cc1F. The van der Waals surface area contributed by atoms with Gasteiger partial charge >= 0.3 is 5.97 Å². The van der Waals surface area contributed by atoms with E-state index in [2.05, 4.69) is 0 Å². The molecule has 0 bridgehead atoms. The maximum atomic E-state index is 13.7. The van der Waals surface area contributed by atoms with Crippen LogP contribution in [0, 0.1) is 11.2 Å². The van der Waals surface area contributed by atoms with E-state index in [4.69, 9.17) is 4.74 Å². The van der Waals surface area contributed by atoms with Gasteiger partial charge in [-0.2, -0.15) is 0 Å². The molecule has 0 radical (unpaired) electrons. The summed E-state index contributed by atoms with van der Waals surface area (Å²) in [7, 11) is 1.42. The molecule has 4 heteroatoms.